The minimum Gasteiger partial charge on any atom is -0.484 e. The van der Waals surface area contributed by atoms with E-state index in [-0.39, 0.29) is 11.4 Å². The number of rotatable bonds is 7. The first-order valence-electron chi connectivity index (χ1n) is 9.93. The Kier molecular flexibility index (Phi) is 6.38. The third-order valence-electron chi connectivity index (χ3n) is 5.22. The molecular weight excluding hydrogens is 386 g/mol. The Morgan fingerprint density at radius 2 is 1.97 bits per heavy atom. The van der Waals surface area contributed by atoms with E-state index >= 15 is 0 Å². The van der Waals surface area contributed by atoms with Crippen LogP contribution in [-0.2, 0) is 11.2 Å². The van der Waals surface area contributed by atoms with E-state index < -0.39 is 28.6 Å². The van der Waals surface area contributed by atoms with Crippen LogP contribution in [0.3, 0.4) is 0 Å². The molecule has 0 bridgehead atoms. The van der Waals surface area contributed by atoms with Crippen LogP contribution in [0.25, 0.3) is 0 Å². The number of hydrogen-bond acceptors (Lipinski definition) is 6. The lowest BCUT2D eigenvalue weighted by molar-refractivity contribution is -0.384. The number of aliphatic hydroxyl groups excluding tert-OH is 1. The Hall–Kier alpha value is -2.97. The fourth-order valence-electron chi connectivity index (χ4n) is 3.69. The lowest BCUT2D eigenvalue weighted by Crippen LogP contribution is -2.52. The van der Waals surface area contributed by atoms with Gasteiger partial charge in [-0.15, -0.1) is 0 Å². The summed E-state index contributed by atoms with van der Waals surface area (Å²) in [5.74, 6) is -0.0883. The predicted molar refractivity (Wildman–Crippen MR) is 114 cm³/mol. The van der Waals surface area contributed by atoms with Crippen LogP contribution in [0.1, 0.15) is 44.4 Å². The number of carbonyl (C=O) groups is 1. The number of aryl methyl sites for hydroxylation is 1. The molecule has 0 aliphatic carbocycles. The number of anilines is 1. The van der Waals surface area contributed by atoms with Crippen molar-refractivity contribution in [2.45, 2.75) is 51.4 Å². The Balaban J connectivity index is 1.85. The molecule has 30 heavy (non-hydrogen) atoms. The number of fused-ring (bicyclic) bond motifs is 1. The first kappa shape index (κ1) is 21.7. The van der Waals surface area contributed by atoms with Gasteiger partial charge in [-0.3, -0.25) is 14.9 Å². The zero-order valence-electron chi connectivity index (χ0n) is 17.3. The molecule has 0 fully saturated rings. The normalized spacial score (nSPS) is 19.5. The maximum Gasteiger partial charge on any atom is 0.296 e. The van der Waals surface area contributed by atoms with Gasteiger partial charge in [0.1, 0.15) is 23.1 Å². The fourth-order valence-corrected chi connectivity index (χ4v) is 3.69. The van der Waals surface area contributed by atoms with Crippen molar-refractivity contribution in [1.82, 2.24) is 5.32 Å². The van der Waals surface area contributed by atoms with Gasteiger partial charge in [-0.2, -0.15) is 0 Å². The Labute approximate surface area is 175 Å². The molecule has 0 unspecified atom stereocenters. The van der Waals surface area contributed by atoms with Gasteiger partial charge >= 0.3 is 0 Å². The molecule has 0 saturated heterocycles. The van der Waals surface area contributed by atoms with Crippen molar-refractivity contribution in [3.63, 3.8) is 0 Å². The van der Waals surface area contributed by atoms with E-state index in [4.69, 9.17) is 4.74 Å². The van der Waals surface area contributed by atoms with E-state index in [9.17, 15) is 20.0 Å². The van der Waals surface area contributed by atoms with Crippen molar-refractivity contribution >= 4 is 17.3 Å². The average molecular weight is 413 g/mol. The van der Waals surface area contributed by atoms with Crippen LogP contribution in [0.15, 0.2) is 42.5 Å². The SMILES string of the molecule is CC(=O)Nc1cc2c(cc1[N+](=O)[O-])OC(C)(C)[C@@H](O)[C@@H]2NCCCc1ccccc1. The largest absolute Gasteiger partial charge is 0.484 e. The third kappa shape index (κ3) is 4.77. The Morgan fingerprint density at radius 3 is 2.60 bits per heavy atom. The summed E-state index contributed by atoms with van der Waals surface area (Å²) in [6.07, 6.45) is 0.865. The van der Waals surface area contributed by atoms with Gasteiger partial charge in [0.2, 0.25) is 5.91 Å². The zero-order valence-corrected chi connectivity index (χ0v) is 17.3. The molecule has 2 aromatic carbocycles. The van der Waals surface area contributed by atoms with Crippen LogP contribution in [0.5, 0.6) is 5.75 Å². The van der Waals surface area contributed by atoms with Crippen LogP contribution in [0.4, 0.5) is 11.4 Å². The molecule has 3 rings (SSSR count). The van der Waals surface area contributed by atoms with Crippen LogP contribution in [0.2, 0.25) is 0 Å². The van der Waals surface area contributed by atoms with E-state index in [1.807, 2.05) is 18.2 Å². The number of nitrogens with one attached hydrogen (secondary N) is 2. The van der Waals surface area contributed by atoms with Crippen molar-refractivity contribution in [1.29, 1.82) is 0 Å². The highest BCUT2D eigenvalue weighted by Crippen LogP contribution is 2.44. The third-order valence-corrected chi connectivity index (χ3v) is 5.22. The Morgan fingerprint density at radius 1 is 1.27 bits per heavy atom. The number of nitro groups is 1. The topological polar surface area (TPSA) is 114 Å². The number of nitro benzene ring substituents is 1. The van der Waals surface area contributed by atoms with E-state index in [2.05, 4.69) is 22.8 Å². The molecule has 0 spiro atoms. The standard InChI is InChI=1S/C22H27N3O5/c1-14(26)24-17-12-16-19(13-18(17)25(28)29)30-22(2,3)21(27)20(16)23-11-7-10-15-8-5-4-6-9-15/h4-6,8-9,12-13,20-21,23,27H,7,10-11H2,1-3H3,(H,24,26)/t20-,21+/m1/s1. The minimum absolute atomic E-state index is 0.0813. The number of ether oxygens (including phenoxy) is 1. The minimum atomic E-state index is -0.937. The van der Waals surface area contributed by atoms with Gasteiger partial charge in [-0.1, -0.05) is 30.3 Å². The van der Waals surface area contributed by atoms with Gasteiger partial charge < -0.3 is 20.5 Å². The number of carbonyl (C=O) groups excluding carboxylic acids is 1. The van der Waals surface area contributed by atoms with Crippen molar-refractivity contribution < 1.29 is 19.6 Å². The van der Waals surface area contributed by atoms with Crippen molar-refractivity contribution in [3.8, 4) is 5.75 Å². The summed E-state index contributed by atoms with van der Waals surface area (Å²) in [5, 5.41) is 28.3. The van der Waals surface area contributed by atoms with Crippen molar-refractivity contribution in [2.24, 2.45) is 0 Å². The molecule has 160 valence electrons. The van der Waals surface area contributed by atoms with Crippen molar-refractivity contribution in [3.05, 3.63) is 63.7 Å². The van der Waals surface area contributed by atoms with E-state index in [1.165, 1.54) is 24.6 Å². The molecule has 1 aliphatic rings. The smallest absolute Gasteiger partial charge is 0.296 e. The fraction of sp³-hybridized carbons (Fsp3) is 0.409. The second-order valence-corrected chi connectivity index (χ2v) is 8.02. The van der Waals surface area contributed by atoms with Crippen LogP contribution in [-0.4, -0.2) is 34.2 Å². The monoisotopic (exact) mass is 413 g/mol. The summed E-state index contributed by atoms with van der Waals surface area (Å²) in [5.41, 5.74) is 0.705. The highest BCUT2D eigenvalue weighted by Gasteiger charge is 2.43. The number of amides is 1. The zero-order chi connectivity index (χ0) is 21.9. The lowest BCUT2D eigenvalue weighted by atomic mass is 9.86. The van der Waals surface area contributed by atoms with Crippen molar-refractivity contribution in [2.75, 3.05) is 11.9 Å². The number of nitrogens with zero attached hydrogens (tertiary/aromatic N) is 1. The van der Waals surface area contributed by atoms with Crippen LogP contribution >= 0.6 is 0 Å². The van der Waals surface area contributed by atoms with E-state index in [0.29, 0.717) is 17.9 Å². The number of aliphatic hydroxyl groups is 1. The van der Waals surface area contributed by atoms with Crippen LogP contribution in [0, 0.1) is 10.1 Å². The summed E-state index contributed by atoms with van der Waals surface area (Å²) in [7, 11) is 0. The second-order valence-electron chi connectivity index (χ2n) is 8.02. The van der Waals surface area contributed by atoms with E-state index in [0.717, 1.165) is 12.8 Å². The molecule has 2 aromatic rings. The highest BCUT2D eigenvalue weighted by molar-refractivity contribution is 5.91. The van der Waals surface area contributed by atoms with Gasteiger partial charge in [-0.05, 0) is 44.9 Å². The molecule has 0 aromatic heterocycles. The average Bonchev–Trinajstić information content (AvgIpc) is 2.68. The van der Waals surface area contributed by atoms with Crippen LogP contribution < -0.4 is 15.4 Å². The summed E-state index contributed by atoms with van der Waals surface area (Å²) in [6, 6.07) is 12.5. The maximum absolute atomic E-state index is 11.5. The molecule has 1 heterocycles. The van der Waals surface area contributed by atoms with Gasteiger partial charge in [0, 0.05) is 12.5 Å². The first-order valence-corrected chi connectivity index (χ1v) is 9.93. The van der Waals surface area contributed by atoms with Gasteiger partial charge in [0.15, 0.2) is 0 Å². The predicted octanol–water partition coefficient (Wildman–Crippen LogP) is 3.35. The van der Waals surface area contributed by atoms with E-state index in [1.54, 1.807) is 13.8 Å². The molecule has 8 heteroatoms. The molecule has 1 amide bonds. The molecule has 0 radical (unpaired) electrons. The summed E-state index contributed by atoms with van der Waals surface area (Å²) in [6.45, 7) is 5.41. The quantitative estimate of drug-likeness (QED) is 0.364. The van der Waals surface area contributed by atoms with Gasteiger partial charge in [0.05, 0.1) is 17.0 Å². The highest BCUT2D eigenvalue weighted by atomic mass is 16.6. The van der Waals surface area contributed by atoms with Gasteiger partial charge in [-0.25, -0.2) is 0 Å². The number of benzene rings is 2. The summed E-state index contributed by atoms with van der Waals surface area (Å²) >= 11 is 0. The lowest BCUT2D eigenvalue weighted by Gasteiger charge is -2.42. The van der Waals surface area contributed by atoms with Gasteiger partial charge in [0.25, 0.3) is 5.69 Å². The summed E-state index contributed by atoms with van der Waals surface area (Å²) in [4.78, 5) is 22.4. The molecule has 0 saturated carbocycles. The second kappa shape index (κ2) is 8.81. The molecule has 3 N–H and O–H groups in total. The summed E-state index contributed by atoms with van der Waals surface area (Å²) < 4.78 is 5.88. The molecule has 8 nitrogen and oxygen atoms in total. The number of hydrogen-bond donors (Lipinski definition) is 3. The maximum atomic E-state index is 11.5. The molecular formula is C22H27N3O5. The molecule has 1 aliphatic heterocycles. The Bertz CT molecular complexity index is 930. The first-order chi connectivity index (χ1) is 14.2. The molecule has 2 atom stereocenters.